The molecule has 0 bridgehead atoms. The van der Waals surface area contributed by atoms with E-state index in [1.54, 1.807) is 0 Å². The van der Waals surface area contributed by atoms with Crippen LogP contribution in [-0.2, 0) is 0 Å². The molecule has 0 spiro atoms. The lowest BCUT2D eigenvalue weighted by Crippen LogP contribution is -2.54. The Morgan fingerprint density at radius 1 is 0.929 bits per heavy atom. The second kappa shape index (κ2) is 7.26. The first kappa shape index (κ1) is 21.2. The van der Waals surface area contributed by atoms with Crippen molar-refractivity contribution >= 4 is 0 Å². The Balaban J connectivity index is 1.49. The number of aliphatic hydroxyl groups is 2. The molecule has 4 aliphatic rings. The summed E-state index contributed by atoms with van der Waals surface area (Å²) >= 11 is 0. The maximum atomic E-state index is 10.2. The predicted octanol–water partition coefficient (Wildman–Crippen LogP) is 6.19. The van der Waals surface area contributed by atoms with Gasteiger partial charge in [0.1, 0.15) is 0 Å². The molecule has 28 heavy (non-hydrogen) atoms. The number of fused-ring (bicyclic) bond motifs is 5. The first-order valence-corrected chi connectivity index (χ1v) is 12.4. The molecule has 0 heterocycles. The lowest BCUT2D eigenvalue weighted by Gasteiger charge is -2.61. The Morgan fingerprint density at radius 2 is 1.61 bits per heavy atom. The first-order chi connectivity index (χ1) is 13.0. The molecule has 4 rings (SSSR count). The van der Waals surface area contributed by atoms with Gasteiger partial charge < -0.3 is 10.2 Å². The van der Waals surface area contributed by atoms with Crippen LogP contribution in [-0.4, -0.2) is 21.9 Å². The van der Waals surface area contributed by atoms with Gasteiger partial charge in [0.2, 0.25) is 0 Å². The fourth-order valence-corrected chi connectivity index (χ4v) is 8.99. The SMILES string of the molecule is C[C@H](CCC(C)(C)O)[C@H]1CC[C@H]2[C@@H]3CCC4C[C@@H](O)CC[C@]4(C)[C@H]3CC[C@]12C. The summed E-state index contributed by atoms with van der Waals surface area (Å²) in [5, 5.41) is 20.4. The first-order valence-electron chi connectivity index (χ1n) is 12.4. The maximum absolute atomic E-state index is 10.2. The minimum absolute atomic E-state index is 0.0315. The van der Waals surface area contributed by atoms with Crippen LogP contribution in [0.1, 0.15) is 105 Å². The fourth-order valence-electron chi connectivity index (χ4n) is 8.99. The Bertz CT molecular complexity index is 565. The van der Waals surface area contributed by atoms with Crippen molar-refractivity contribution in [1.82, 2.24) is 0 Å². The van der Waals surface area contributed by atoms with Gasteiger partial charge in [-0.15, -0.1) is 0 Å². The van der Waals surface area contributed by atoms with E-state index in [4.69, 9.17) is 0 Å². The molecule has 2 nitrogen and oxygen atoms in total. The molecule has 0 saturated heterocycles. The molecule has 0 aromatic carbocycles. The molecule has 4 aliphatic carbocycles. The summed E-state index contributed by atoms with van der Waals surface area (Å²) in [7, 11) is 0. The summed E-state index contributed by atoms with van der Waals surface area (Å²) in [6, 6.07) is 0. The van der Waals surface area contributed by atoms with Gasteiger partial charge >= 0.3 is 0 Å². The van der Waals surface area contributed by atoms with E-state index in [0.717, 1.165) is 54.8 Å². The van der Waals surface area contributed by atoms with Gasteiger partial charge in [0.15, 0.2) is 0 Å². The summed E-state index contributed by atoms with van der Waals surface area (Å²) in [5.41, 5.74) is 0.495. The molecule has 0 amide bonds. The average Bonchev–Trinajstić information content (AvgIpc) is 2.97. The quantitative estimate of drug-likeness (QED) is 0.600. The molecule has 162 valence electrons. The molecule has 4 fully saturated rings. The molecule has 9 atom stereocenters. The number of hydrogen-bond donors (Lipinski definition) is 2. The van der Waals surface area contributed by atoms with E-state index in [0.29, 0.717) is 10.8 Å². The van der Waals surface area contributed by atoms with Crippen molar-refractivity contribution in [1.29, 1.82) is 0 Å². The van der Waals surface area contributed by atoms with Crippen LogP contribution in [0.4, 0.5) is 0 Å². The van der Waals surface area contributed by atoms with E-state index >= 15 is 0 Å². The third-order valence-corrected chi connectivity index (χ3v) is 10.6. The molecule has 2 heteroatoms. The van der Waals surface area contributed by atoms with E-state index in [2.05, 4.69) is 20.8 Å². The average molecular weight is 391 g/mol. The highest BCUT2D eigenvalue weighted by molar-refractivity contribution is 5.09. The van der Waals surface area contributed by atoms with Crippen LogP contribution in [0.5, 0.6) is 0 Å². The molecule has 1 unspecified atom stereocenters. The molecule has 0 aromatic rings. The van der Waals surface area contributed by atoms with Crippen molar-refractivity contribution in [2.45, 2.75) is 117 Å². The number of rotatable bonds is 4. The van der Waals surface area contributed by atoms with Gasteiger partial charge in [0.05, 0.1) is 11.7 Å². The monoisotopic (exact) mass is 390 g/mol. The zero-order chi connectivity index (χ0) is 20.3. The number of hydrogen-bond acceptors (Lipinski definition) is 2. The molecular formula is C26H46O2. The van der Waals surface area contributed by atoms with Crippen molar-refractivity contribution in [3.63, 3.8) is 0 Å². The molecule has 0 radical (unpaired) electrons. The van der Waals surface area contributed by atoms with Gasteiger partial charge in [-0.25, -0.2) is 0 Å². The summed E-state index contributed by atoms with van der Waals surface area (Å²) in [6.07, 6.45) is 13.9. The van der Waals surface area contributed by atoms with Gasteiger partial charge in [-0.1, -0.05) is 20.8 Å². The van der Waals surface area contributed by atoms with Crippen molar-refractivity contribution in [2.24, 2.45) is 46.3 Å². The van der Waals surface area contributed by atoms with Crippen LogP contribution in [0.2, 0.25) is 0 Å². The standard InChI is InChI=1S/C26H46O2/c1-17(10-13-24(2,3)28)21-8-9-22-20-7-6-18-16-19(27)11-14-25(18,4)23(20)12-15-26(21,22)5/h17-23,27-28H,6-16H2,1-5H3/t17-,18?,19+,20+,21-,22+,23+,25+,26-/m1/s1. The van der Waals surface area contributed by atoms with E-state index in [1.807, 2.05) is 13.8 Å². The third kappa shape index (κ3) is 3.49. The zero-order valence-corrected chi connectivity index (χ0v) is 19.2. The van der Waals surface area contributed by atoms with Crippen LogP contribution in [0, 0.1) is 46.3 Å². The minimum Gasteiger partial charge on any atom is -0.393 e. The highest BCUT2D eigenvalue weighted by Gasteiger charge is 2.60. The normalized spacial score (nSPS) is 49.8. The molecule has 4 saturated carbocycles. The van der Waals surface area contributed by atoms with Gasteiger partial charge in [-0.2, -0.15) is 0 Å². The summed E-state index contributed by atoms with van der Waals surface area (Å²) < 4.78 is 0. The summed E-state index contributed by atoms with van der Waals surface area (Å²) in [6.45, 7) is 11.6. The molecule has 0 aromatic heterocycles. The smallest absolute Gasteiger partial charge is 0.0591 e. The van der Waals surface area contributed by atoms with Gasteiger partial charge in [-0.05, 0) is 131 Å². The Morgan fingerprint density at radius 3 is 2.32 bits per heavy atom. The fraction of sp³-hybridized carbons (Fsp3) is 1.00. The van der Waals surface area contributed by atoms with E-state index in [1.165, 1.54) is 51.4 Å². The largest absolute Gasteiger partial charge is 0.393 e. The number of aliphatic hydroxyl groups excluding tert-OH is 1. The predicted molar refractivity (Wildman–Crippen MR) is 116 cm³/mol. The van der Waals surface area contributed by atoms with Crippen molar-refractivity contribution in [3.8, 4) is 0 Å². The Kier molecular flexibility index (Phi) is 5.49. The lowest BCUT2D eigenvalue weighted by molar-refractivity contribution is -0.129. The van der Waals surface area contributed by atoms with E-state index in [9.17, 15) is 10.2 Å². The van der Waals surface area contributed by atoms with Crippen molar-refractivity contribution in [3.05, 3.63) is 0 Å². The van der Waals surface area contributed by atoms with E-state index in [-0.39, 0.29) is 6.10 Å². The molecule has 2 N–H and O–H groups in total. The second-order valence-electron chi connectivity index (χ2n) is 12.6. The highest BCUT2D eigenvalue weighted by atomic mass is 16.3. The highest BCUT2D eigenvalue weighted by Crippen LogP contribution is 2.68. The topological polar surface area (TPSA) is 40.5 Å². The van der Waals surface area contributed by atoms with Crippen LogP contribution in [0.3, 0.4) is 0 Å². The van der Waals surface area contributed by atoms with Crippen LogP contribution >= 0.6 is 0 Å². The Hall–Kier alpha value is -0.0800. The van der Waals surface area contributed by atoms with Crippen LogP contribution in [0.25, 0.3) is 0 Å². The zero-order valence-electron chi connectivity index (χ0n) is 19.2. The maximum Gasteiger partial charge on any atom is 0.0591 e. The molecule has 0 aliphatic heterocycles. The van der Waals surface area contributed by atoms with Crippen molar-refractivity contribution < 1.29 is 10.2 Å². The molecular weight excluding hydrogens is 344 g/mol. The minimum atomic E-state index is -0.524. The third-order valence-electron chi connectivity index (χ3n) is 10.6. The van der Waals surface area contributed by atoms with E-state index < -0.39 is 5.60 Å². The van der Waals surface area contributed by atoms with Gasteiger partial charge in [-0.3, -0.25) is 0 Å². The Labute approximate surface area is 173 Å². The summed E-state index contributed by atoms with van der Waals surface area (Å²) in [5.74, 6) is 5.11. The summed E-state index contributed by atoms with van der Waals surface area (Å²) in [4.78, 5) is 0. The van der Waals surface area contributed by atoms with Gasteiger partial charge in [0.25, 0.3) is 0 Å². The second-order valence-corrected chi connectivity index (χ2v) is 12.6. The van der Waals surface area contributed by atoms with Gasteiger partial charge in [0, 0.05) is 0 Å². The van der Waals surface area contributed by atoms with Crippen LogP contribution < -0.4 is 0 Å². The lowest BCUT2D eigenvalue weighted by atomic mass is 9.44. The van der Waals surface area contributed by atoms with Crippen LogP contribution in [0.15, 0.2) is 0 Å². The van der Waals surface area contributed by atoms with Crippen molar-refractivity contribution in [2.75, 3.05) is 0 Å².